The van der Waals surface area contributed by atoms with Crippen molar-refractivity contribution in [2.24, 2.45) is 0 Å². The zero-order chi connectivity index (χ0) is 19.6. The normalized spacial score (nSPS) is 12.7. The molecule has 2 aromatic carbocycles. The Labute approximate surface area is 161 Å². The van der Waals surface area contributed by atoms with E-state index in [1.54, 1.807) is 30.3 Å². The van der Waals surface area contributed by atoms with Gasteiger partial charge >= 0.3 is 0 Å². The topological polar surface area (TPSA) is 107 Å². The van der Waals surface area contributed by atoms with Crippen molar-refractivity contribution in [2.75, 3.05) is 12.1 Å². The summed E-state index contributed by atoms with van der Waals surface area (Å²) in [7, 11) is -3.69. The summed E-state index contributed by atoms with van der Waals surface area (Å²) in [6, 6.07) is 14.1. The number of benzene rings is 2. The largest absolute Gasteiger partial charge is 0.468 e. The molecular weight excluding hydrogens is 384 g/mol. The maximum atomic E-state index is 12.4. The highest BCUT2D eigenvalue weighted by atomic mass is 32.2. The third-order valence-corrected chi connectivity index (χ3v) is 5.49. The van der Waals surface area contributed by atoms with E-state index in [-0.39, 0.29) is 24.1 Å². The summed E-state index contributed by atoms with van der Waals surface area (Å²) in [5, 5.41) is 2.72. The summed E-state index contributed by atoms with van der Waals surface area (Å²) < 4.78 is 42.7. The van der Waals surface area contributed by atoms with Crippen molar-refractivity contribution < 1.29 is 27.1 Å². The monoisotopic (exact) mass is 400 g/mol. The van der Waals surface area contributed by atoms with E-state index in [4.69, 9.17) is 13.9 Å². The Morgan fingerprint density at radius 3 is 2.54 bits per heavy atom. The van der Waals surface area contributed by atoms with Gasteiger partial charge in [-0.05, 0) is 54.6 Å². The van der Waals surface area contributed by atoms with Gasteiger partial charge in [0.25, 0.3) is 5.91 Å². The van der Waals surface area contributed by atoms with Gasteiger partial charge in [0.2, 0.25) is 16.8 Å². The van der Waals surface area contributed by atoms with Gasteiger partial charge in [-0.1, -0.05) is 0 Å². The Morgan fingerprint density at radius 2 is 1.79 bits per heavy atom. The first kappa shape index (κ1) is 18.1. The lowest BCUT2D eigenvalue weighted by molar-refractivity contribution is 0.102. The molecule has 8 nitrogen and oxygen atoms in total. The van der Waals surface area contributed by atoms with Gasteiger partial charge in [0.05, 0.1) is 17.7 Å². The lowest BCUT2D eigenvalue weighted by Gasteiger charge is -2.08. The van der Waals surface area contributed by atoms with Gasteiger partial charge < -0.3 is 19.2 Å². The molecule has 0 fully saturated rings. The highest BCUT2D eigenvalue weighted by Gasteiger charge is 2.17. The van der Waals surface area contributed by atoms with E-state index < -0.39 is 10.0 Å². The van der Waals surface area contributed by atoms with Crippen LogP contribution in [-0.4, -0.2) is 21.1 Å². The van der Waals surface area contributed by atoms with Crippen molar-refractivity contribution in [3.05, 3.63) is 72.2 Å². The molecule has 0 radical (unpaired) electrons. The maximum Gasteiger partial charge on any atom is 0.255 e. The third kappa shape index (κ3) is 3.85. The first-order valence-electron chi connectivity index (χ1n) is 8.34. The summed E-state index contributed by atoms with van der Waals surface area (Å²) >= 11 is 0. The second kappa shape index (κ2) is 7.37. The van der Waals surface area contributed by atoms with Crippen molar-refractivity contribution >= 4 is 21.6 Å². The molecule has 0 saturated heterocycles. The predicted molar refractivity (Wildman–Crippen MR) is 99.7 cm³/mol. The van der Waals surface area contributed by atoms with Crippen molar-refractivity contribution in [1.82, 2.24) is 4.72 Å². The smallest absolute Gasteiger partial charge is 0.255 e. The van der Waals surface area contributed by atoms with E-state index in [0.717, 1.165) is 0 Å². The molecule has 0 spiro atoms. The molecule has 2 heterocycles. The minimum atomic E-state index is -3.69. The molecule has 28 heavy (non-hydrogen) atoms. The number of furan rings is 1. The van der Waals surface area contributed by atoms with E-state index in [9.17, 15) is 13.2 Å². The van der Waals surface area contributed by atoms with Crippen LogP contribution in [0.2, 0.25) is 0 Å². The van der Waals surface area contributed by atoms with Gasteiger partial charge in [-0.3, -0.25) is 4.79 Å². The second-order valence-corrected chi connectivity index (χ2v) is 7.72. The first-order chi connectivity index (χ1) is 13.5. The van der Waals surface area contributed by atoms with E-state index >= 15 is 0 Å². The fraction of sp³-hybridized carbons (Fsp3) is 0.105. The molecule has 0 atom stereocenters. The Hall–Kier alpha value is -3.30. The van der Waals surface area contributed by atoms with Gasteiger partial charge in [0.1, 0.15) is 5.76 Å². The molecule has 9 heteroatoms. The Kier molecular flexibility index (Phi) is 4.76. The van der Waals surface area contributed by atoms with Crippen LogP contribution in [0.4, 0.5) is 5.69 Å². The molecular formula is C19H16N2O6S. The predicted octanol–water partition coefficient (Wildman–Crippen LogP) is 2.74. The number of amides is 1. The van der Waals surface area contributed by atoms with Gasteiger partial charge in [0, 0.05) is 11.3 Å². The number of ether oxygens (including phenoxy) is 2. The van der Waals surface area contributed by atoms with E-state index in [0.29, 0.717) is 28.5 Å². The fourth-order valence-corrected chi connectivity index (χ4v) is 3.61. The second-order valence-electron chi connectivity index (χ2n) is 5.95. The zero-order valence-corrected chi connectivity index (χ0v) is 15.4. The minimum Gasteiger partial charge on any atom is -0.468 e. The number of nitrogens with one attached hydrogen (secondary N) is 2. The number of sulfonamides is 1. The molecule has 0 unspecified atom stereocenters. The average molecular weight is 400 g/mol. The van der Waals surface area contributed by atoms with Crippen molar-refractivity contribution in [2.45, 2.75) is 11.4 Å². The van der Waals surface area contributed by atoms with Crippen molar-refractivity contribution in [3.8, 4) is 11.5 Å². The van der Waals surface area contributed by atoms with Gasteiger partial charge in [-0.25, -0.2) is 13.1 Å². The van der Waals surface area contributed by atoms with Crippen LogP contribution < -0.4 is 19.5 Å². The number of carbonyl (C=O) groups excluding carboxylic acids is 1. The summed E-state index contributed by atoms with van der Waals surface area (Å²) in [6.07, 6.45) is 1.47. The number of rotatable bonds is 6. The van der Waals surface area contributed by atoms with Gasteiger partial charge in [0.15, 0.2) is 11.5 Å². The Morgan fingerprint density at radius 1 is 1.00 bits per heavy atom. The number of hydrogen-bond acceptors (Lipinski definition) is 6. The summed E-state index contributed by atoms with van der Waals surface area (Å²) in [6.45, 7) is 0.183. The summed E-state index contributed by atoms with van der Waals surface area (Å²) in [4.78, 5) is 12.5. The Balaban J connectivity index is 1.42. The van der Waals surface area contributed by atoms with Gasteiger partial charge in [-0.15, -0.1) is 0 Å². The lowest BCUT2D eigenvalue weighted by atomic mass is 10.2. The molecule has 2 N–H and O–H groups in total. The lowest BCUT2D eigenvalue weighted by Crippen LogP contribution is -2.23. The molecule has 0 aliphatic carbocycles. The number of anilines is 1. The molecule has 1 amide bonds. The minimum absolute atomic E-state index is 0.0535. The molecule has 3 aromatic rings. The van der Waals surface area contributed by atoms with Crippen LogP contribution in [0, 0.1) is 0 Å². The van der Waals surface area contributed by atoms with E-state index in [1.165, 1.54) is 30.5 Å². The highest BCUT2D eigenvalue weighted by molar-refractivity contribution is 7.89. The first-order valence-corrected chi connectivity index (χ1v) is 9.83. The molecule has 4 rings (SSSR count). The average Bonchev–Trinajstić information content (AvgIpc) is 3.38. The number of carbonyl (C=O) groups is 1. The van der Waals surface area contributed by atoms with Gasteiger partial charge in [-0.2, -0.15) is 0 Å². The summed E-state index contributed by atoms with van der Waals surface area (Å²) in [5.74, 6) is 1.27. The third-order valence-electron chi connectivity index (χ3n) is 4.07. The summed E-state index contributed by atoms with van der Waals surface area (Å²) in [5.41, 5.74) is 0.869. The molecule has 0 bridgehead atoms. The van der Waals surface area contributed by atoms with Crippen molar-refractivity contribution in [1.29, 1.82) is 0 Å². The van der Waals surface area contributed by atoms with Crippen LogP contribution in [0.25, 0.3) is 0 Å². The van der Waals surface area contributed by atoms with Crippen LogP contribution >= 0.6 is 0 Å². The standard InChI is InChI=1S/C19H16N2O6S/c22-19(13-3-8-17-18(10-13)27-12-26-17)21-14-4-6-16(7-5-14)28(23,24)20-11-15-2-1-9-25-15/h1-10,20H,11-12H2,(H,21,22). The zero-order valence-electron chi connectivity index (χ0n) is 14.5. The van der Waals surface area contributed by atoms with E-state index in [2.05, 4.69) is 10.0 Å². The van der Waals surface area contributed by atoms with Crippen LogP contribution in [0.5, 0.6) is 11.5 Å². The van der Waals surface area contributed by atoms with Crippen LogP contribution in [0.1, 0.15) is 16.1 Å². The van der Waals surface area contributed by atoms with Crippen molar-refractivity contribution in [3.63, 3.8) is 0 Å². The highest BCUT2D eigenvalue weighted by Crippen LogP contribution is 2.32. The van der Waals surface area contributed by atoms with Crippen LogP contribution in [0.15, 0.2) is 70.2 Å². The molecule has 1 aromatic heterocycles. The molecule has 144 valence electrons. The molecule has 1 aliphatic heterocycles. The maximum absolute atomic E-state index is 12.4. The van der Waals surface area contributed by atoms with Crippen LogP contribution in [-0.2, 0) is 16.6 Å². The molecule has 0 saturated carbocycles. The fourth-order valence-electron chi connectivity index (χ4n) is 2.62. The Bertz CT molecular complexity index is 1090. The molecule has 1 aliphatic rings. The van der Waals surface area contributed by atoms with E-state index in [1.807, 2.05) is 0 Å². The SMILES string of the molecule is O=C(Nc1ccc(S(=O)(=O)NCc2ccco2)cc1)c1ccc2c(c1)OCO2. The number of hydrogen-bond donors (Lipinski definition) is 2. The quantitative estimate of drug-likeness (QED) is 0.659. The van der Waals surface area contributed by atoms with Crippen LogP contribution in [0.3, 0.4) is 0 Å². The number of fused-ring (bicyclic) bond motifs is 1.